The van der Waals surface area contributed by atoms with Gasteiger partial charge < -0.3 is 15.6 Å². The topological polar surface area (TPSA) is 92.9 Å². The van der Waals surface area contributed by atoms with Crippen molar-refractivity contribution < 1.29 is 19.4 Å². The number of primary amides is 1. The van der Waals surface area contributed by atoms with Crippen molar-refractivity contribution in [3.05, 3.63) is 35.4 Å². The quantitative estimate of drug-likeness (QED) is 0.693. The van der Waals surface area contributed by atoms with Crippen LogP contribution >= 0.6 is 0 Å². The molecule has 0 aromatic heterocycles. The van der Waals surface area contributed by atoms with Crippen molar-refractivity contribution in [1.29, 1.82) is 0 Å². The number of amides is 1. The van der Waals surface area contributed by atoms with Crippen LogP contribution in [-0.2, 0) is 4.74 Å². The molecule has 0 atom stereocenters. The van der Waals surface area contributed by atoms with Gasteiger partial charge in [-0.25, -0.2) is 4.79 Å². The standard InChI is InChI=1S/C8H7NO3.C2H4O/c9-7(10)5-3-1-2-4-6(5)8(11)12;1-2-3-1/h1-4H,(H2,9,10)(H,11,12);1-2H2. The van der Waals surface area contributed by atoms with Gasteiger partial charge in [-0.1, -0.05) is 12.1 Å². The summed E-state index contributed by atoms with van der Waals surface area (Å²) in [6.07, 6.45) is 0. The second-order valence-corrected chi connectivity index (χ2v) is 2.83. The van der Waals surface area contributed by atoms with Gasteiger partial charge in [0.2, 0.25) is 5.91 Å². The summed E-state index contributed by atoms with van der Waals surface area (Å²) in [5.74, 6) is -1.88. The molecule has 1 aromatic carbocycles. The predicted molar refractivity (Wildman–Crippen MR) is 52.7 cm³/mol. The summed E-state index contributed by atoms with van der Waals surface area (Å²) >= 11 is 0. The zero-order valence-electron chi connectivity index (χ0n) is 7.97. The Kier molecular flexibility index (Phi) is 3.82. The van der Waals surface area contributed by atoms with Crippen molar-refractivity contribution in [2.75, 3.05) is 13.2 Å². The highest BCUT2D eigenvalue weighted by molar-refractivity contribution is 6.03. The maximum Gasteiger partial charge on any atom is 0.336 e. The van der Waals surface area contributed by atoms with E-state index in [-0.39, 0.29) is 11.1 Å². The maximum absolute atomic E-state index is 10.7. The minimum absolute atomic E-state index is 0.0324. The number of hydrogen-bond acceptors (Lipinski definition) is 3. The molecule has 1 aromatic rings. The summed E-state index contributed by atoms with van der Waals surface area (Å²) < 4.78 is 4.50. The maximum atomic E-state index is 10.7. The SMILES string of the molecule is C1CO1.NC(=O)c1ccccc1C(=O)O. The van der Waals surface area contributed by atoms with E-state index < -0.39 is 11.9 Å². The number of carbonyl (C=O) groups excluding carboxylic acids is 1. The minimum Gasteiger partial charge on any atom is -0.478 e. The van der Waals surface area contributed by atoms with Crippen LogP contribution in [0.25, 0.3) is 0 Å². The molecule has 15 heavy (non-hydrogen) atoms. The Morgan fingerprint density at radius 2 is 1.67 bits per heavy atom. The Balaban J connectivity index is 0.000000319. The smallest absolute Gasteiger partial charge is 0.336 e. The van der Waals surface area contributed by atoms with Gasteiger partial charge in [0.15, 0.2) is 0 Å². The summed E-state index contributed by atoms with van der Waals surface area (Å²) in [5, 5.41) is 8.61. The largest absolute Gasteiger partial charge is 0.478 e. The monoisotopic (exact) mass is 209 g/mol. The Morgan fingerprint density at radius 3 is 1.93 bits per heavy atom. The molecule has 0 radical (unpaired) electrons. The summed E-state index contributed by atoms with van der Waals surface area (Å²) in [6.45, 7) is 2.00. The Labute approximate surface area is 86.5 Å². The lowest BCUT2D eigenvalue weighted by molar-refractivity contribution is 0.0692. The molecule has 0 saturated carbocycles. The molecular formula is C10H11NO4. The zero-order valence-corrected chi connectivity index (χ0v) is 7.97. The molecule has 1 aliphatic heterocycles. The lowest BCUT2D eigenvalue weighted by atomic mass is 10.1. The highest BCUT2D eigenvalue weighted by atomic mass is 16.6. The number of carboxylic acid groups (broad SMARTS) is 1. The fourth-order valence-electron chi connectivity index (χ4n) is 0.884. The van der Waals surface area contributed by atoms with Crippen LogP contribution in [0.5, 0.6) is 0 Å². The van der Waals surface area contributed by atoms with Gasteiger partial charge in [-0.2, -0.15) is 0 Å². The molecule has 80 valence electrons. The first-order chi connectivity index (χ1) is 7.13. The summed E-state index contributed by atoms with van der Waals surface area (Å²) in [4.78, 5) is 21.2. The molecule has 1 aliphatic rings. The average Bonchev–Trinajstić information content (AvgIpc) is 3.04. The van der Waals surface area contributed by atoms with Crippen molar-refractivity contribution in [3.8, 4) is 0 Å². The van der Waals surface area contributed by atoms with Crippen LogP contribution in [0.4, 0.5) is 0 Å². The van der Waals surface area contributed by atoms with Gasteiger partial charge in [0.1, 0.15) is 0 Å². The van der Waals surface area contributed by atoms with E-state index in [1.807, 2.05) is 0 Å². The lowest BCUT2D eigenvalue weighted by Gasteiger charge is -1.99. The highest BCUT2D eigenvalue weighted by Crippen LogP contribution is 2.06. The number of epoxide rings is 1. The van der Waals surface area contributed by atoms with Gasteiger partial charge in [-0.3, -0.25) is 4.79 Å². The number of carbonyl (C=O) groups is 2. The van der Waals surface area contributed by atoms with Crippen LogP contribution < -0.4 is 5.73 Å². The van der Waals surface area contributed by atoms with Crippen molar-refractivity contribution >= 4 is 11.9 Å². The van der Waals surface area contributed by atoms with Crippen molar-refractivity contribution in [2.45, 2.75) is 0 Å². The molecule has 0 bridgehead atoms. The number of rotatable bonds is 2. The van der Waals surface area contributed by atoms with Crippen LogP contribution in [-0.4, -0.2) is 30.2 Å². The van der Waals surface area contributed by atoms with Crippen LogP contribution in [0.15, 0.2) is 24.3 Å². The molecule has 0 unspecified atom stereocenters. The third-order valence-electron chi connectivity index (χ3n) is 1.63. The van der Waals surface area contributed by atoms with E-state index in [0.717, 1.165) is 13.2 Å². The molecule has 1 saturated heterocycles. The van der Waals surface area contributed by atoms with Gasteiger partial charge in [-0.15, -0.1) is 0 Å². The van der Waals surface area contributed by atoms with Crippen molar-refractivity contribution in [1.82, 2.24) is 0 Å². The van der Waals surface area contributed by atoms with Crippen LogP contribution in [0.2, 0.25) is 0 Å². The first kappa shape index (κ1) is 11.2. The molecule has 1 heterocycles. The molecule has 2 rings (SSSR count). The molecule has 1 amide bonds. The van der Waals surface area contributed by atoms with Gasteiger partial charge >= 0.3 is 5.97 Å². The molecule has 0 spiro atoms. The number of hydrogen-bond donors (Lipinski definition) is 2. The van der Waals surface area contributed by atoms with Crippen LogP contribution in [0.3, 0.4) is 0 Å². The summed E-state index contributed by atoms with van der Waals surface area (Å²) in [5.41, 5.74) is 4.92. The number of benzene rings is 1. The van der Waals surface area contributed by atoms with Gasteiger partial charge in [0, 0.05) is 0 Å². The third kappa shape index (κ3) is 3.78. The first-order valence-corrected chi connectivity index (χ1v) is 4.33. The first-order valence-electron chi connectivity index (χ1n) is 4.33. The van der Waals surface area contributed by atoms with E-state index in [2.05, 4.69) is 4.74 Å². The summed E-state index contributed by atoms with van der Waals surface area (Å²) in [7, 11) is 0. The van der Waals surface area contributed by atoms with E-state index in [9.17, 15) is 9.59 Å². The summed E-state index contributed by atoms with van der Waals surface area (Å²) in [6, 6.07) is 5.82. The van der Waals surface area contributed by atoms with E-state index in [0.29, 0.717) is 0 Å². The number of aromatic carboxylic acids is 1. The second-order valence-electron chi connectivity index (χ2n) is 2.83. The normalized spacial score (nSPS) is 12.3. The number of nitrogens with two attached hydrogens (primary N) is 1. The van der Waals surface area contributed by atoms with Gasteiger partial charge in [0.05, 0.1) is 24.3 Å². The fourth-order valence-corrected chi connectivity index (χ4v) is 0.884. The third-order valence-corrected chi connectivity index (χ3v) is 1.63. The number of ether oxygens (including phenoxy) is 1. The van der Waals surface area contributed by atoms with Crippen molar-refractivity contribution in [2.24, 2.45) is 5.73 Å². The fraction of sp³-hybridized carbons (Fsp3) is 0.200. The highest BCUT2D eigenvalue weighted by Gasteiger charge is 2.11. The number of carboxylic acids is 1. The minimum atomic E-state index is -1.15. The molecular weight excluding hydrogens is 198 g/mol. The zero-order chi connectivity index (χ0) is 11.3. The molecule has 3 N–H and O–H groups in total. The van der Waals surface area contributed by atoms with E-state index >= 15 is 0 Å². The van der Waals surface area contributed by atoms with Crippen molar-refractivity contribution in [3.63, 3.8) is 0 Å². The Hall–Kier alpha value is -1.88. The molecule has 5 nitrogen and oxygen atoms in total. The van der Waals surface area contributed by atoms with Gasteiger partial charge in [0.25, 0.3) is 0 Å². The molecule has 1 fully saturated rings. The lowest BCUT2D eigenvalue weighted by Crippen LogP contribution is -2.15. The van der Waals surface area contributed by atoms with E-state index in [4.69, 9.17) is 10.8 Å². The predicted octanol–water partition coefficient (Wildman–Crippen LogP) is 0.500. The molecule has 0 aliphatic carbocycles. The van der Waals surface area contributed by atoms with E-state index in [1.54, 1.807) is 6.07 Å². The molecule has 5 heteroatoms. The van der Waals surface area contributed by atoms with E-state index in [1.165, 1.54) is 18.2 Å². The second kappa shape index (κ2) is 5.11. The van der Waals surface area contributed by atoms with Crippen LogP contribution in [0.1, 0.15) is 20.7 Å². The Morgan fingerprint density at radius 1 is 1.20 bits per heavy atom. The Bertz CT molecular complexity index is 338. The average molecular weight is 209 g/mol. The van der Waals surface area contributed by atoms with Crippen LogP contribution in [0, 0.1) is 0 Å². The van der Waals surface area contributed by atoms with Gasteiger partial charge in [-0.05, 0) is 12.1 Å².